The highest BCUT2D eigenvalue weighted by molar-refractivity contribution is 6.09. The third kappa shape index (κ3) is 3.45. The molecule has 4 heteroatoms. The van der Waals surface area contributed by atoms with Crippen molar-refractivity contribution in [3.63, 3.8) is 0 Å². The van der Waals surface area contributed by atoms with Crippen LogP contribution in [0.5, 0.6) is 0 Å². The SMILES string of the molecule is CCOC(=O)Nc1ccc(C(=O)c2ccccc2)cc1. The lowest BCUT2D eigenvalue weighted by Crippen LogP contribution is -2.13. The van der Waals surface area contributed by atoms with Crippen molar-refractivity contribution < 1.29 is 14.3 Å². The minimum Gasteiger partial charge on any atom is -0.450 e. The molecule has 0 aliphatic rings. The smallest absolute Gasteiger partial charge is 0.411 e. The van der Waals surface area contributed by atoms with Gasteiger partial charge >= 0.3 is 6.09 Å². The van der Waals surface area contributed by atoms with Crippen LogP contribution in [0.1, 0.15) is 22.8 Å². The van der Waals surface area contributed by atoms with E-state index in [0.29, 0.717) is 23.4 Å². The average molecular weight is 269 g/mol. The molecule has 1 amide bonds. The average Bonchev–Trinajstić information content (AvgIpc) is 2.48. The Labute approximate surface area is 117 Å². The number of rotatable bonds is 4. The number of carbonyl (C=O) groups is 2. The summed E-state index contributed by atoms with van der Waals surface area (Å²) in [5.41, 5.74) is 1.80. The molecule has 0 fully saturated rings. The molecule has 0 radical (unpaired) electrons. The Bertz CT molecular complexity index is 591. The van der Waals surface area contributed by atoms with Crippen LogP contribution in [-0.4, -0.2) is 18.5 Å². The van der Waals surface area contributed by atoms with Gasteiger partial charge in [-0.15, -0.1) is 0 Å². The Morgan fingerprint density at radius 3 is 2.15 bits per heavy atom. The number of benzene rings is 2. The Morgan fingerprint density at radius 1 is 0.950 bits per heavy atom. The first-order valence-electron chi connectivity index (χ1n) is 6.34. The number of hydrogen-bond acceptors (Lipinski definition) is 3. The van der Waals surface area contributed by atoms with E-state index in [1.165, 1.54) is 0 Å². The van der Waals surface area contributed by atoms with Gasteiger partial charge in [0.1, 0.15) is 0 Å². The van der Waals surface area contributed by atoms with Crippen LogP contribution in [0.2, 0.25) is 0 Å². The molecule has 20 heavy (non-hydrogen) atoms. The van der Waals surface area contributed by atoms with Gasteiger partial charge in [-0.1, -0.05) is 30.3 Å². The summed E-state index contributed by atoms with van der Waals surface area (Å²) < 4.78 is 4.78. The van der Waals surface area contributed by atoms with Crippen molar-refractivity contribution in [3.05, 3.63) is 65.7 Å². The van der Waals surface area contributed by atoms with Crippen LogP contribution in [0, 0.1) is 0 Å². The molecule has 2 rings (SSSR count). The maximum atomic E-state index is 12.2. The molecule has 0 aliphatic heterocycles. The summed E-state index contributed by atoms with van der Waals surface area (Å²) in [5, 5.41) is 2.58. The molecular formula is C16H15NO3. The highest BCUT2D eigenvalue weighted by atomic mass is 16.5. The number of hydrogen-bond donors (Lipinski definition) is 1. The van der Waals surface area contributed by atoms with Crippen LogP contribution in [-0.2, 0) is 4.74 Å². The molecular weight excluding hydrogens is 254 g/mol. The van der Waals surface area contributed by atoms with E-state index < -0.39 is 6.09 Å². The maximum Gasteiger partial charge on any atom is 0.411 e. The quantitative estimate of drug-likeness (QED) is 0.864. The second-order valence-electron chi connectivity index (χ2n) is 4.12. The summed E-state index contributed by atoms with van der Waals surface area (Å²) in [7, 11) is 0. The van der Waals surface area contributed by atoms with Gasteiger partial charge < -0.3 is 4.74 Å². The summed E-state index contributed by atoms with van der Waals surface area (Å²) >= 11 is 0. The van der Waals surface area contributed by atoms with Gasteiger partial charge in [0.25, 0.3) is 0 Å². The molecule has 0 saturated carbocycles. The minimum absolute atomic E-state index is 0.0479. The van der Waals surface area contributed by atoms with Crippen LogP contribution in [0.15, 0.2) is 54.6 Å². The fraction of sp³-hybridized carbons (Fsp3) is 0.125. The van der Waals surface area contributed by atoms with Gasteiger partial charge in [0.05, 0.1) is 6.61 Å². The van der Waals surface area contributed by atoms with Crippen LogP contribution in [0.3, 0.4) is 0 Å². The molecule has 2 aromatic rings. The first-order chi connectivity index (χ1) is 9.70. The molecule has 0 aliphatic carbocycles. The van der Waals surface area contributed by atoms with Gasteiger partial charge in [0.15, 0.2) is 5.78 Å². The fourth-order valence-corrected chi connectivity index (χ4v) is 1.75. The molecule has 1 N–H and O–H groups in total. The molecule has 0 spiro atoms. The van der Waals surface area contributed by atoms with Crippen molar-refractivity contribution in [2.24, 2.45) is 0 Å². The highest BCUT2D eigenvalue weighted by Crippen LogP contribution is 2.14. The zero-order valence-corrected chi connectivity index (χ0v) is 11.1. The number of nitrogens with one attached hydrogen (secondary N) is 1. The first kappa shape index (κ1) is 13.8. The van der Waals surface area contributed by atoms with Crippen LogP contribution < -0.4 is 5.32 Å². The van der Waals surface area contributed by atoms with Gasteiger partial charge in [0.2, 0.25) is 0 Å². The lowest BCUT2D eigenvalue weighted by molar-refractivity contribution is 0.103. The van der Waals surface area contributed by atoms with Crippen molar-refractivity contribution in [2.75, 3.05) is 11.9 Å². The second kappa shape index (κ2) is 6.52. The molecule has 0 unspecified atom stereocenters. The van der Waals surface area contributed by atoms with E-state index in [4.69, 9.17) is 4.74 Å². The molecule has 2 aromatic carbocycles. The largest absolute Gasteiger partial charge is 0.450 e. The molecule has 0 bridgehead atoms. The van der Waals surface area contributed by atoms with Crippen LogP contribution in [0.4, 0.5) is 10.5 Å². The van der Waals surface area contributed by atoms with Crippen LogP contribution >= 0.6 is 0 Å². The van der Waals surface area contributed by atoms with Gasteiger partial charge in [-0.25, -0.2) is 4.79 Å². The zero-order chi connectivity index (χ0) is 14.4. The summed E-state index contributed by atoms with van der Waals surface area (Å²) in [6.07, 6.45) is -0.505. The molecule has 4 nitrogen and oxygen atoms in total. The first-order valence-corrected chi connectivity index (χ1v) is 6.34. The number of anilines is 1. The Morgan fingerprint density at radius 2 is 1.55 bits per heavy atom. The third-order valence-electron chi connectivity index (χ3n) is 2.70. The lowest BCUT2D eigenvalue weighted by atomic mass is 10.0. The van der Waals surface area contributed by atoms with Crippen molar-refractivity contribution in [1.82, 2.24) is 0 Å². The number of ether oxygens (including phenoxy) is 1. The van der Waals surface area contributed by atoms with Crippen molar-refractivity contribution in [2.45, 2.75) is 6.92 Å². The number of amides is 1. The fourth-order valence-electron chi connectivity index (χ4n) is 1.75. The standard InChI is InChI=1S/C16H15NO3/c1-2-20-16(19)17-14-10-8-13(9-11-14)15(18)12-6-4-3-5-7-12/h3-11H,2H2,1H3,(H,17,19). The van der Waals surface area contributed by atoms with Crippen molar-refractivity contribution in [3.8, 4) is 0 Å². The van der Waals surface area contributed by atoms with Crippen molar-refractivity contribution in [1.29, 1.82) is 0 Å². The molecule has 0 aromatic heterocycles. The van der Waals surface area contributed by atoms with E-state index >= 15 is 0 Å². The molecule has 0 atom stereocenters. The zero-order valence-electron chi connectivity index (χ0n) is 11.1. The normalized spacial score (nSPS) is 9.85. The Hall–Kier alpha value is -2.62. The van der Waals surface area contributed by atoms with Crippen LogP contribution in [0.25, 0.3) is 0 Å². The second-order valence-corrected chi connectivity index (χ2v) is 4.12. The predicted molar refractivity (Wildman–Crippen MR) is 77.0 cm³/mol. The molecule has 0 heterocycles. The summed E-state index contributed by atoms with van der Waals surface area (Å²) in [6, 6.07) is 15.8. The van der Waals surface area contributed by atoms with Gasteiger partial charge in [-0.05, 0) is 31.2 Å². The van der Waals surface area contributed by atoms with E-state index in [2.05, 4.69) is 5.32 Å². The topological polar surface area (TPSA) is 55.4 Å². The van der Waals surface area contributed by atoms with E-state index in [-0.39, 0.29) is 5.78 Å². The Balaban J connectivity index is 2.08. The van der Waals surface area contributed by atoms with Gasteiger partial charge in [0, 0.05) is 16.8 Å². The minimum atomic E-state index is -0.505. The predicted octanol–water partition coefficient (Wildman–Crippen LogP) is 3.49. The molecule has 102 valence electrons. The van der Waals surface area contributed by atoms with Gasteiger partial charge in [-0.2, -0.15) is 0 Å². The van der Waals surface area contributed by atoms with Gasteiger partial charge in [-0.3, -0.25) is 10.1 Å². The molecule has 0 saturated heterocycles. The number of carbonyl (C=O) groups excluding carboxylic acids is 2. The maximum absolute atomic E-state index is 12.2. The van der Waals surface area contributed by atoms with E-state index in [1.54, 1.807) is 43.3 Å². The Kier molecular flexibility index (Phi) is 4.50. The van der Waals surface area contributed by atoms with E-state index in [1.807, 2.05) is 18.2 Å². The highest BCUT2D eigenvalue weighted by Gasteiger charge is 2.08. The summed E-state index contributed by atoms with van der Waals surface area (Å²) in [5.74, 6) is -0.0479. The summed E-state index contributed by atoms with van der Waals surface area (Å²) in [6.45, 7) is 2.05. The number of ketones is 1. The third-order valence-corrected chi connectivity index (χ3v) is 2.70. The van der Waals surface area contributed by atoms with E-state index in [9.17, 15) is 9.59 Å². The summed E-state index contributed by atoms with van der Waals surface area (Å²) in [4.78, 5) is 23.4. The monoisotopic (exact) mass is 269 g/mol. The van der Waals surface area contributed by atoms with E-state index in [0.717, 1.165) is 0 Å². The van der Waals surface area contributed by atoms with Crippen molar-refractivity contribution >= 4 is 17.6 Å². The lowest BCUT2D eigenvalue weighted by Gasteiger charge is -2.06.